The molecule has 4 heteroatoms. The second-order valence-corrected chi connectivity index (χ2v) is 7.05. The normalized spacial score (nSPS) is 11.1. The lowest BCUT2D eigenvalue weighted by Gasteiger charge is -2.10. The first-order valence-electron chi connectivity index (χ1n) is 7.14. The van der Waals surface area contributed by atoms with Crippen molar-refractivity contribution in [3.8, 4) is 0 Å². The fraction of sp³-hybridized carbons (Fsp3) is 0.353. The Hall–Kier alpha value is -1.03. The molecule has 2 aromatic rings. The summed E-state index contributed by atoms with van der Waals surface area (Å²) in [5.74, 6) is 0.664. The summed E-state index contributed by atoms with van der Waals surface area (Å²) in [6.45, 7) is 8.42. The Morgan fingerprint density at radius 1 is 1.29 bits per heavy atom. The lowest BCUT2D eigenvalue weighted by molar-refractivity contribution is 0.551. The van der Waals surface area contributed by atoms with Crippen LogP contribution in [0.15, 0.2) is 46.5 Å². The molecule has 0 unspecified atom stereocenters. The summed E-state index contributed by atoms with van der Waals surface area (Å²) in [6, 6.07) is 10.1. The lowest BCUT2D eigenvalue weighted by Crippen LogP contribution is -2.19. The average Bonchev–Trinajstić information content (AvgIpc) is 2.41. The predicted molar refractivity (Wildman–Crippen MR) is 91.1 cm³/mol. The number of benzene rings is 1. The highest BCUT2D eigenvalue weighted by molar-refractivity contribution is 7.99. The molecule has 1 N–H and O–H groups in total. The molecule has 0 saturated heterocycles. The number of aromatic nitrogens is 1. The van der Waals surface area contributed by atoms with Crippen LogP contribution in [0, 0.1) is 12.8 Å². The summed E-state index contributed by atoms with van der Waals surface area (Å²) in [5, 5.41) is 5.23. The van der Waals surface area contributed by atoms with Gasteiger partial charge < -0.3 is 5.32 Å². The van der Waals surface area contributed by atoms with Gasteiger partial charge in [0.15, 0.2) is 0 Å². The second-order valence-electron chi connectivity index (χ2n) is 5.55. The van der Waals surface area contributed by atoms with Crippen molar-refractivity contribution in [2.75, 3.05) is 6.54 Å². The average molecular weight is 321 g/mol. The van der Waals surface area contributed by atoms with Gasteiger partial charge in [0.25, 0.3) is 0 Å². The Labute approximate surface area is 136 Å². The molecule has 2 nitrogen and oxygen atoms in total. The molecule has 0 fully saturated rings. The summed E-state index contributed by atoms with van der Waals surface area (Å²) in [7, 11) is 0. The van der Waals surface area contributed by atoms with Crippen LogP contribution in [0.2, 0.25) is 5.02 Å². The molecule has 21 heavy (non-hydrogen) atoms. The SMILES string of the molecule is Cc1cc(CNCC(C)C)cnc1Sc1cccc(Cl)c1. The maximum Gasteiger partial charge on any atom is 0.104 e. The van der Waals surface area contributed by atoms with E-state index in [1.807, 2.05) is 24.4 Å². The van der Waals surface area contributed by atoms with E-state index in [0.717, 1.165) is 28.0 Å². The first-order valence-corrected chi connectivity index (χ1v) is 8.33. The van der Waals surface area contributed by atoms with Crippen LogP contribution in [0.5, 0.6) is 0 Å². The van der Waals surface area contributed by atoms with E-state index in [9.17, 15) is 0 Å². The van der Waals surface area contributed by atoms with Crippen LogP contribution in [0.25, 0.3) is 0 Å². The maximum absolute atomic E-state index is 6.02. The van der Waals surface area contributed by atoms with Crippen LogP contribution in [-0.2, 0) is 6.54 Å². The third-order valence-corrected chi connectivity index (χ3v) is 4.32. The lowest BCUT2D eigenvalue weighted by atomic mass is 10.2. The molecule has 112 valence electrons. The van der Waals surface area contributed by atoms with Gasteiger partial charge in [0.2, 0.25) is 0 Å². The molecule has 0 aliphatic carbocycles. The van der Waals surface area contributed by atoms with Crippen molar-refractivity contribution in [3.63, 3.8) is 0 Å². The highest BCUT2D eigenvalue weighted by Crippen LogP contribution is 2.30. The van der Waals surface area contributed by atoms with E-state index in [0.29, 0.717) is 5.92 Å². The summed E-state index contributed by atoms with van der Waals surface area (Å²) in [5.41, 5.74) is 2.42. The molecular formula is C17H21ClN2S. The Bertz CT molecular complexity index is 599. The Kier molecular flexibility index (Phi) is 6.09. The number of nitrogens with zero attached hydrogens (tertiary/aromatic N) is 1. The molecule has 0 spiro atoms. The minimum Gasteiger partial charge on any atom is -0.312 e. The highest BCUT2D eigenvalue weighted by atomic mass is 35.5. The van der Waals surface area contributed by atoms with Gasteiger partial charge in [-0.1, -0.05) is 49.3 Å². The number of hydrogen-bond acceptors (Lipinski definition) is 3. The Morgan fingerprint density at radius 3 is 2.76 bits per heavy atom. The fourth-order valence-corrected chi connectivity index (χ4v) is 3.11. The van der Waals surface area contributed by atoms with Gasteiger partial charge in [-0.3, -0.25) is 0 Å². The Morgan fingerprint density at radius 2 is 2.10 bits per heavy atom. The minimum atomic E-state index is 0.664. The molecule has 0 aliphatic heterocycles. The van der Waals surface area contributed by atoms with Crippen LogP contribution in [0.3, 0.4) is 0 Å². The smallest absolute Gasteiger partial charge is 0.104 e. The zero-order valence-corrected chi connectivity index (χ0v) is 14.3. The van der Waals surface area contributed by atoms with E-state index < -0.39 is 0 Å². The standard InChI is InChI=1S/C17H21ClN2S/c1-12(2)9-19-10-14-7-13(3)17(20-11-14)21-16-6-4-5-15(18)8-16/h4-8,11-12,19H,9-10H2,1-3H3. The monoisotopic (exact) mass is 320 g/mol. The van der Waals surface area contributed by atoms with E-state index in [2.05, 4.69) is 43.2 Å². The number of aryl methyl sites for hydroxylation is 1. The summed E-state index contributed by atoms with van der Waals surface area (Å²) < 4.78 is 0. The number of halogens is 1. The largest absolute Gasteiger partial charge is 0.312 e. The van der Waals surface area contributed by atoms with Crippen molar-refractivity contribution < 1.29 is 0 Å². The highest BCUT2D eigenvalue weighted by Gasteiger charge is 2.05. The van der Waals surface area contributed by atoms with Crippen molar-refractivity contribution >= 4 is 23.4 Å². The van der Waals surface area contributed by atoms with Gasteiger partial charge in [-0.15, -0.1) is 0 Å². The van der Waals surface area contributed by atoms with E-state index in [1.54, 1.807) is 11.8 Å². The third kappa shape index (κ3) is 5.34. The summed E-state index contributed by atoms with van der Waals surface area (Å²) in [6.07, 6.45) is 1.95. The molecule has 0 radical (unpaired) electrons. The van der Waals surface area contributed by atoms with E-state index in [-0.39, 0.29) is 0 Å². The third-order valence-electron chi connectivity index (χ3n) is 2.98. The van der Waals surface area contributed by atoms with Gasteiger partial charge in [0.1, 0.15) is 5.03 Å². The minimum absolute atomic E-state index is 0.664. The van der Waals surface area contributed by atoms with Gasteiger partial charge in [0, 0.05) is 22.7 Å². The molecular weight excluding hydrogens is 300 g/mol. The van der Waals surface area contributed by atoms with Gasteiger partial charge in [-0.25, -0.2) is 4.98 Å². The molecule has 1 heterocycles. The molecule has 2 rings (SSSR count). The van der Waals surface area contributed by atoms with Gasteiger partial charge in [-0.2, -0.15) is 0 Å². The van der Waals surface area contributed by atoms with Crippen molar-refractivity contribution in [3.05, 3.63) is 52.7 Å². The molecule has 0 bridgehead atoms. The van der Waals surface area contributed by atoms with Crippen molar-refractivity contribution in [1.29, 1.82) is 0 Å². The van der Waals surface area contributed by atoms with Gasteiger partial charge >= 0.3 is 0 Å². The molecule has 0 aliphatic rings. The quantitative estimate of drug-likeness (QED) is 0.816. The molecule has 1 aromatic carbocycles. The van der Waals surface area contributed by atoms with Crippen LogP contribution in [-0.4, -0.2) is 11.5 Å². The molecule has 0 saturated carbocycles. The van der Waals surface area contributed by atoms with Crippen LogP contribution in [0.1, 0.15) is 25.0 Å². The number of pyridine rings is 1. The fourth-order valence-electron chi connectivity index (χ4n) is 1.97. The topological polar surface area (TPSA) is 24.9 Å². The number of hydrogen-bond donors (Lipinski definition) is 1. The van der Waals surface area contributed by atoms with Crippen molar-refractivity contribution in [1.82, 2.24) is 10.3 Å². The molecule has 0 amide bonds. The van der Waals surface area contributed by atoms with Gasteiger partial charge in [0.05, 0.1) is 0 Å². The van der Waals surface area contributed by atoms with E-state index >= 15 is 0 Å². The van der Waals surface area contributed by atoms with Crippen molar-refractivity contribution in [2.24, 2.45) is 5.92 Å². The zero-order chi connectivity index (χ0) is 15.2. The van der Waals surface area contributed by atoms with Crippen LogP contribution in [0.4, 0.5) is 0 Å². The first kappa shape index (κ1) is 16.3. The van der Waals surface area contributed by atoms with Gasteiger partial charge in [-0.05, 0) is 48.7 Å². The number of rotatable bonds is 6. The Balaban J connectivity index is 2.02. The zero-order valence-electron chi connectivity index (χ0n) is 12.7. The predicted octanol–water partition coefficient (Wildman–Crippen LogP) is 4.94. The van der Waals surface area contributed by atoms with E-state index in [4.69, 9.17) is 11.6 Å². The molecule has 1 aromatic heterocycles. The van der Waals surface area contributed by atoms with E-state index in [1.165, 1.54) is 11.1 Å². The van der Waals surface area contributed by atoms with Crippen LogP contribution >= 0.6 is 23.4 Å². The second kappa shape index (κ2) is 7.83. The number of nitrogens with one attached hydrogen (secondary N) is 1. The molecule has 0 atom stereocenters. The van der Waals surface area contributed by atoms with Crippen LogP contribution < -0.4 is 5.32 Å². The summed E-state index contributed by atoms with van der Waals surface area (Å²) in [4.78, 5) is 5.70. The van der Waals surface area contributed by atoms with Crippen molar-refractivity contribution in [2.45, 2.75) is 37.2 Å². The first-order chi connectivity index (χ1) is 10.0. The maximum atomic E-state index is 6.02. The summed E-state index contributed by atoms with van der Waals surface area (Å²) >= 11 is 7.67.